The van der Waals surface area contributed by atoms with Crippen molar-refractivity contribution in [1.82, 2.24) is 5.32 Å². The smallest absolute Gasteiger partial charge is 0.209 e. The molecule has 0 radical (unpaired) electrons. The summed E-state index contributed by atoms with van der Waals surface area (Å²) in [5.41, 5.74) is 5.61. The van der Waals surface area contributed by atoms with Crippen molar-refractivity contribution in [2.45, 2.75) is 13.1 Å². The van der Waals surface area contributed by atoms with Crippen molar-refractivity contribution >= 4 is 17.8 Å². The zero-order chi connectivity index (χ0) is 10.8. The van der Waals surface area contributed by atoms with Crippen LogP contribution in [0.2, 0.25) is 0 Å². The van der Waals surface area contributed by atoms with Crippen molar-refractivity contribution < 1.29 is 4.42 Å². The molecule has 0 spiro atoms. The Balaban J connectivity index is 2.18. The van der Waals surface area contributed by atoms with Gasteiger partial charge in [-0.2, -0.15) is 0 Å². The molecule has 0 aromatic carbocycles. The molecule has 80 valence electrons. The second-order valence-electron chi connectivity index (χ2n) is 3.23. The van der Waals surface area contributed by atoms with Crippen LogP contribution in [0.3, 0.4) is 0 Å². The summed E-state index contributed by atoms with van der Waals surface area (Å²) >= 11 is 0. The fourth-order valence-electron chi connectivity index (χ4n) is 1.32. The number of aliphatic imine (C=N–C) groups is 2. The number of anilines is 1. The first-order valence-corrected chi connectivity index (χ1v) is 4.62. The number of guanidine groups is 2. The van der Waals surface area contributed by atoms with E-state index >= 15 is 0 Å². The highest BCUT2D eigenvalue weighted by molar-refractivity contribution is 6.06. The van der Waals surface area contributed by atoms with Gasteiger partial charge in [-0.25, -0.2) is 9.98 Å². The van der Waals surface area contributed by atoms with Crippen LogP contribution >= 0.6 is 0 Å². The van der Waals surface area contributed by atoms with Crippen LogP contribution in [-0.2, 0) is 0 Å². The second-order valence-corrected chi connectivity index (χ2v) is 3.23. The van der Waals surface area contributed by atoms with E-state index in [-0.39, 0.29) is 6.17 Å². The van der Waals surface area contributed by atoms with E-state index in [4.69, 9.17) is 10.2 Å². The monoisotopic (exact) mass is 207 g/mol. The average Bonchev–Trinajstić information content (AvgIpc) is 2.67. The van der Waals surface area contributed by atoms with Crippen LogP contribution in [0.4, 0.5) is 5.88 Å². The molecule has 1 aliphatic heterocycles. The summed E-state index contributed by atoms with van der Waals surface area (Å²) in [7, 11) is 1.84. The Kier molecular flexibility index (Phi) is 2.32. The Morgan fingerprint density at radius 3 is 2.93 bits per heavy atom. The highest BCUT2D eigenvalue weighted by atomic mass is 16.3. The quantitative estimate of drug-likeness (QED) is 0.695. The van der Waals surface area contributed by atoms with E-state index in [1.165, 1.54) is 0 Å². The van der Waals surface area contributed by atoms with Crippen molar-refractivity contribution in [2.75, 3.05) is 11.9 Å². The number of hydrogen-bond acceptors (Lipinski definition) is 6. The minimum atomic E-state index is -0.168. The fraction of sp³-hybridized carbons (Fsp3) is 0.333. The van der Waals surface area contributed by atoms with Crippen molar-refractivity contribution in [3.63, 3.8) is 0 Å². The molecule has 2 heterocycles. The van der Waals surface area contributed by atoms with Gasteiger partial charge >= 0.3 is 0 Å². The minimum Gasteiger partial charge on any atom is -0.448 e. The van der Waals surface area contributed by atoms with Crippen LogP contribution in [-0.4, -0.2) is 25.1 Å². The molecule has 1 unspecified atom stereocenters. The summed E-state index contributed by atoms with van der Waals surface area (Å²) in [5, 5.41) is 2.88. The van der Waals surface area contributed by atoms with Crippen LogP contribution in [0.5, 0.6) is 0 Å². The van der Waals surface area contributed by atoms with E-state index in [9.17, 15) is 0 Å². The van der Waals surface area contributed by atoms with E-state index < -0.39 is 0 Å². The summed E-state index contributed by atoms with van der Waals surface area (Å²) in [6.45, 7) is 1.86. The molecule has 6 heteroatoms. The molecular weight excluding hydrogens is 194 g/mol. The lowest BCUT2D eigenvalue weighted by Crippen LogP contribution is -2.48. The predicted molar refractivity (Wildman–Crippen MR) is 58.8 cm³/mol. The Morgan fingerprint density at radius 2 is 2.33 bits per heavy atom. The summed E-state index contributed by atoms with van der Waals surface area (Å²) in [6.07, 6.45) is 1.44. The molecule has 0 bridgehead atoms. The normalized spacial score (nSPS) is 20.3. The van der Waals surface area contributed by atoms with Crippen LogP contribution in [0.1, 0.15) is 6.92 Å². The van der Waals surface area contributed by atoms with Crippen molar-refractivity contribution in [3.8, 4) is 0 Å². The van der Waals surface area contributed by atoms with Crippen molar-refractivity contribution in [3.05, 3.63) is 18.4 Å². The number of rotatable bonds is 1. The SMILES string of the molecule is CC1N=C(N)NC(N(C)c2ccco2)=N1. The fourth-order valence-corrected chi connectivity index (χ4v) is 1.32. The summed E-state index contributed by atoms with van der Waals surface area (Å²) in [5.74, 6) is 1.69. The molecule has 3 N–H and O–H groups in total. The molecule has 0 amide bonds. The lowest BCUT2D eigenvalue weighted by atomic mass is 10.5. The van der Waals surface area contributed by atoms with E-state index in [0.717, 1.165) is 0 Å². The Bertz CT molecular complexity index is 395. The van der Waals surface area contributed by atoms with Gasteiger partial charge in [0.25, 0.3) is 0 Å². The van der Waals surface area contributed by atoms with Gasteiger partial charge in [0.1, 0.15) is 6.17 Å². The molecule has 1 atom stereocenters. The maximum atomic E-state index is 5.61. The number of furan rings is 1. The molecule has 0 aliphatic carbocycles. The van der Waals surface area contributed by atoms with Crippen LogP contribution in [0.25, 0.3) is 0 Å². The van der Waals surface area contributed by atoms with E-state index in [1.54, 1.807) is 11.2 Å². The lowest BCUT2D eigenvalue weighted by Gasteiger charge is -2.23. The van der Waals surface area contributed by atoms with Crippen LogP contribution < -0.4 is 16.0 Å². The highest BCUT2D eigenvalue weighted by Gasteiger charge is 2.16. The topological polar surface area (TPSA) is 79.1 Å². The molecule has 6 nitrogen and oxygen atoms in total. The zero-order valence-corrected chi connectivity index (χ0v) is 8.64. The van der Waals surface area contributed by atoms with Gasteiger partial charge in [0.2, 0.25) is 11.8 Å². The third kappa shape index (κ3) is 1.93. The van der Waals surface area contributed by atoms with Crippen LogP contribution in [0.15, 0.2) is 32.8 Å². The van der Waals surface area contributed by atoms with Gasteiger partial charge in [-0.15, -0.1) is 0 Å². The van der Waals surface area contributed by atoms with E-state index in [1.807, 2.05) is 26.1 Å². The average molecular weight is 207 g/mol. The molecule has 0 saturated heterocycles. The molecule has 0 fully saturated rings. The molecule has 1 aromatic heterocycles. The first-order chi connectivity index (χ1) is 7.16. The number of nitrogens with zero attached hydrogens (tertiary/aromatic N) is 3. The number of nitrogens with two attached hydrogens (primary N) is 1. The molecule has 1 aliphatic rings. The third-order valence-electron chi connectivity index (χ3n) is 2.03. The van der Waals surface area contributed by atoms with Crippen LogP contribution in [0, 0.1) is 0 Å². The minimum absolute atomic E-state index is 0.168. The molecule has 2 rings (SSSR count). The van der Waals surface area contributed by atoms with Gasteiger partial charge in [0.05, 0.1) is 6.26 Å². The maximum absolute atomic E-state index is 5.61. The second kappa shape index (κ2) is 3.64. The standard InChI is InChI=1S/C9H13N5O/c1-6-11-8(10)13-9(12-6)14(2)7-4-3-5-15-7/h3-6H,1-2H3,(H3,10,11,12,13). The van der Waals surface area contributed by atoms with Gasteiger partial charge in [0.15, 0.2) is 5.96 Å². The Hall–Kier alpha value is -1.98. The molecule has 15 heavy (non-hydrogen) atoms. The maximum Gasteiger partial charge on any atom is 0.209 e. The van der Waals surface area contributed by atoms with Gasteiger partial charge in [-0.05, 0) is 13.0 Å². The lowest BCUT2D eigenvalue weighted by molar-refractivity contribution is 0.570. The zero-order valence-electron chi connectivity index (χ0n) is 8.64. The predicted octanol–water partition coefficient (Wildman–Crippen LogP) is 0.336. The Labute approximate surface area is 87.5 Å². The number of hydrogen-bond donors (Lipinski definition) is 2. The molecule has 1 aromatic rings. The number of nitrogens with one attached hydrogen (secondary N) is 1. The van der Waals surface area contributed by atoms with Gasteiger partial charge in [-0.3, -0.25) is 10.2 Å². The summed E-state index contributed by atoms with van der Waals surface area (Å²) in [4.78, 5) is 10.1. The molecular formula is C9H13N5O. The van der Waals surface area contributed by atoms with Gasteiger partial charge in [0, 0.05) is 13.1 Å². The largest absolute Gasteiger partial charge is 0.448 e. The Morgan fingerprint density at radius 1 is 1.53 bits per heavy atom. The first-order valence-electron chi connectivity index (χ1n) is 4.62. The molecule has 0 saturated carbocycles. The highest BCUT2D eigenvalue weighted by Crippen LogP contribution is 2.13. The van der Waals surface area contributed by atoms with Gasteiger partial charge < -0.3 is 10.2 Å². The third-order valence-corrected chi connectivity index (χ3v) is 2.03. The summed E-state index contributed by atoms with van der Waals surface area (Å²) < 4.78 is 5.24. The van der Waals surface area contributed by atoms with Crippen molar-refractivity contribution in [1.29, 1.82) is 0 Å². The first kappa shape index (κ1) is 9.57. The van der Waals surface area contributed by atoms with E-state index in [2.05, 4.69) is 15.3 Å². The van der Waals surface area contributed by atoms with Crippen molar-refractivity contribution in [2.24, 2.45) is 15.7 Å². The van der Waals surface area contributed by atoms with Gasteiger partial charge in [-0.1, -0.05) is 0 Å². The van der Waals surface area contributed by atoms with E-state index in [0.29, 0.717) is 17.8 Å². The summed E-state index contributed by atoms with van der Waals surface area (Å²) in [6, 6.07) is 3.66.